The normalized spacial score (nSPS) is 10.3. The van der Waals surface area contributed by atoms with Gasteiger partial charge in [0.25, 0.3) is 0 Å². The molecule has 1 rings (SSSR count). The van der Waals surface area contributed by atoms with Crippen LogP contribution >= 0.6 is 0 Å². The van der Waals surface area contributed by atoms with E-state index in [0.29, 0.717) is 6.61 Å². The van der Waals surface area contributed by atoms with Crippen LogP contribution in [0.5, 0.6) is 0 Å². The van der Waals surface area contributed by atoms with Gasteiger partial charge in [-0.3, -0.25) is 4.79 Å². The SMILES string of the molecule is CCOCC(=O)Nc1cc(F)c(N(C)C)c(F)c1. The average Bonchev–Trinajstić information content (AvgIpc) is 2.24. The highest BCUT2D eigenvalue weighted by Gasteiger charge is 2.14. The van der Waals surface area contributed by atoms with Crippen molar-refractivity contribution >= 4 is 17.3 Å². The van der Waals surface area contributed by atoms with Crippen molar-refractivity contribution in [1.29, 1.82) is 0 Å². The van der Waals surface area contributed by atoms with Gasteiger partial charge in [-0.1, -0.05) is 0 Å². The van der Waals surface area contributed by atoms with Crippen LogP contribution in [0.2, 0.25) is 0 Å². The van der Waals surface area contributed by atoms with Crippen molar-refractivity contribution in [2.24, 2.45) is 0 Å². The first kappa shape index (κ1) is 14.4. The van der Waals surface area contributed by atoms with Crippen LogP contribution in [0.1, 0.15) is 6.92 Å². The largest absolute Gasteiger partial charge is 0.373 e. The molecule has 1 N–H and O–H groups in total. The highest BCUT2D eigenvalue weighted by Crippen LogP contribution is 2.25. The van der Waals surface area contributed by atoms with Crippen molar-refractivity contribution in [3.8, 4) is 0 Å². The van der Waals surface area contributed by atoms with Crippen molar-refractivity contribution < 1.29 is 18.3 Å². The monoisotopic (exact) mass is 258 g/mol. The molecule has 0 saturated carbocycles. The highest BCUT2D eigenvalue weighted by molar-refractivity contribution is 5.91. The van der Waals surface area contributed by atoms with Gasteiger partial charge in [0.1, 0.15) is 12.3 Å². The van der Waals surface area contributed by atoms with Crippen LogP contribution in [0.4, 0.5) is 20.2 Å². The van der Waals surface area contributed by atoms with Crippen molar-refractivity contribution in [2.45, 2.75) is 6.92 Å². The molecule has 0 spiro atoms. The molecule has 0 aliphatic carbocycles. The van der Waals surface area contributed by atoms with Gasteiger partial charge in [-0.05, 0) is 19.1 Å². The van der Waals surface area contributed by atoms with Crippen LogP contribution in [0.15, 0.2) is 12.1 Å². The maximum Gasteiger partial charge on any atom is 0.250 e. The Morgan fingerprint density at radius 2 is 1.89 bits per heavy atom. The zero-order valence-corrected chi connectivity index (χ0v) is 10.6. The standard InChI is InChI=1S/C12H16F2N2O2/c1-4-18-7-11(17)15-8-5-9(13)12(16(2)3)10(14)6-8/h5-6H,4,7H2,1-3H3,(H,15,17). The van der Waals surface area contributed by atoms with Gasteiger partial charge in [0, 0.05) is 26.4 Å². The molecule has 1 amide bonds. The Labute approximate surface area is 105 Å². The number of anilines is 2. The molecule has 0 heterocycles. The number of hydrogen-bond acceptors (Lipinski definition) is 3. The van der Waals surface area contributed by atoms with E-state index in [4.69, 9.17) is 4.74 Å². The molecule has 0 aliphatic rings. The lowest BCUT2D eigenvalue weighted by atomic mass is 10.2. The molecule has 0 saturated heterocycles. The fraction of sp³-hybridized carbons (Fsp3) is 0.417. The van der Waals surface area contributed by atoms with E-state index in [-0.39, 0.29) is 18.0 Å². The third-order valence-electron chi connectivity index (χ3n) is 2.19. The second kappa shape index (κ2) is 6.30. The van der Waals surface area contributed by atoms with Gasteiger partial charge >= 0.3 is 0 Å². The van der Waals surface area contributed by atoms with E-state index in [2.05, 4.69) is 5.32 Å². The average molecular weight is 258 g/mol. The van der Waals surface area contributed by atoms with Gasteiger partial charge in [-0.25, -0.2) is 8.78 Å². The summed E-state index contributed by atoms with van der Waals surface area (Å²) in [5.74, 6) is -1.91. The fourth-order valence-corrected chi connectivity index (χ4v) is 1.46. The number of benzene rings is 1. The molecule has 18 heavy (non-hydrogen) atoms. The Morgan fingerprint density at radius 3 is 2.33 bits per heavy atom. The summed E-state index contributed by atoms with van der Waals surface area (Å²) in [6.07, 6.45) is 0. The first-order valence-electron chi connectivity index (χ1n) is 5.49. The smallest absolute Gasteiger partial charge is 0.250 e. The van der Waals surface area contributed by atoms with Crippen LogP contribution in [-0.4, -0.2) is 33.2 Å². The van der Waals surface area contributed by atoms with Gasteiger partial charge in [0.15, 0.2) is 11.6 Å². The Balaban J connectivity index is 2.83. The molecule has 0 aliphatic heterocycles. The Bertz CT molecular complexity index is 413. The molecule has 100 valence electrons. The van der Waals surface area contributed by atoms with Crippen LogP contribution in [0, 0.1) is 11.6 Å². The minimum absolute atomic E-state index is 0.0697. The molecule has 0 bridgehead atoms. The van der Waals surface area contributed by atoms with Crippen molar-refractivity contribution in [3.05, 3.63) is 23.8 Å². The van der Waals surface area contributed by atoms with E-state index in [1.165, 1.54) is 19.0 Å². The van der Waals surface area contributed by atoms with Gasteiger partial charge in [0.2, 0.25) is 5.91 Å². The highest BCUT2D eigenvalue weighted by atomic mass is 19.1. The summed E-state index contributed by atoms with van der Waals surface area (Å²) < 4.78 is 32.1. The predicted octanol–water partition coefficient (Wildman–Crippen LogP) is 2.01. The van der Waals surface area contributed by atoms with E-state index >= 15 is 0 Å². The van der Waals surface area contributed by atoms with Crippen LogP contribution in [0.3, 0.4) is 0 Å². The maximum atomic E-state index is 13.6. The van der Waals surface area contributed by atoms with E-state index in [0.717, 1.165) is 12.1 Å². The van der Waals surface area contributed by atoms with E-state index in [1.54, 1.807) is 6.92 Å². The first-order valence-corrected chi connectivity index (χ1v) is 5.49. The molecule has 0 fully saturated rings. The number of rotatable bonds is 5. The van der Waals surface area contributed by atoms with Gasteiger partial charge in [0.05, 0.1) is 0 Å². The summed E-state index contributed by atoms with van der Waals surface area (Å²) in [4.78, 5) is 12.7. The number of amides is 1. The summed E-state index contributed by atoms with van der Waals surface area (Å²) in [5.41, 5.74) is -0.0712. The quantitative estimate of drug-likeness (QED) is 0.878. The molecular weight excluding hydrogens is 242 g/mol. The molecule has 1 aromatic rings. The number of carbonyl (C=O) groups is 1. The van der Waals surface area contributed by atoms with Crippen molar-refractivity contribution in [2.75, 3.05) is 37.5 Å². The predicted molar refractivity (Wildman–Crippen MR) is 65.8 cm³/mol. The van der Waals surface area contributed by atoms with Crippen LogP contribution < -0.4 is 10.2 Å². The molecule has 1 aromatic carbocycles. The molecule has 0 atom stereocenters. The third kappa shape index (κ3) is 3.66. The Kier molecular flexibility index (Phi) is 5.03. The summed E-state index contributed by atoms with van der Waals surface area (Å²) >= 11 is 0. The first-order chi connectivity index (χ1) is 8.45. The number of nitrogens with one attached hydrogen (secondary N) is 1. The maximum absolute atomic E-state index is 13.6. The van der Waals surface area contributed by atoms with Crippen LogP contribution in [0.25, 0.3) is 0 Å². The minimum Gasteiger partial charge on any atom is -0.373 e. The van der Waals surface area contributed by atoms with Crippen LogP contribution in [-0.2, 0) is 9.53 Å². The Hall–Kier alpha value is -1.69. The zero-order valence-electron chi connectivity index (χ0n) is 10.6. The van der Waals surface area contributed by atoms with Crippen molar-refractivity contribution in [3.63, 3.8) is 0 Å². The van der Waals surface area contributed by atoms with Crippen molar-refractivity contribution in [1.82, 2.24) is 0 Å². The van der Waals surface area contributed by atoms with E-state index in [1.807, 2.05) is 0 Å². The number of ether oxygens (including phenoxy) is 1. The summed E-state index contributed by atoms with van der Waals surface area (Å²) in [5, 5.41) is 2.36. The zero-order chi connectivity index (χ0) is 13.7. The van der Waals surface area contributed by atoms with E-state index in [9.17, 15) is 13.6 Å². The lowest BCUT2D eigenvalue weighted by molar-refractivity contribution is -0.120. The second-order valence-electron chi connectivity index (χ2n) is 3.87. The minimum atomic E-state index is -0.730. The lowest BCUT2D eigenvalue weighted by Gasteiger charge is -2.15. The molecule has 0 unspecified atom stereocenters. The van der Waals surface area contributed by atoms with Gasteiger partial charge < -0.3 is 15.0 Å². The summed E-state index contributed by atoms with van der Waals surface area (Å²) in [6, 6.07) is 2.14. The number of carbonyl (C=O) groups excluding carboxylic acids is 1. The molecule has 0 radical (unpaired) electrons. The number of hydrogen-bond donors (Lipinski definition) is 1. The van der Waals surface area contributed by atoms with Gasteiger partial charge in [-0.15, -0.1) is 0 Å². The van der Waals surface area contributed by atoms with E-state index < -0.39 is 17.5 Å². The topological polar surface area (TPSA) is 41.6 Å². The molecule has 0 aromatic heterocycles. The lowest BCUT2D eigenvalue weighted by Crippen LogP contribution is -2.19. The number of halogens is 2. The third-order valence-corrected chi connectivity index (χ3v) is 2.19. The molecular formula is C12H16F2N2O2. The fourth-order valence-electron chi connectivity index (χ4n) is 1.46. The summed E-state index contributed by atoms with van der Waals surface area (Å²) in [6.45, 7) is 2.00. The van der Waals surface area contributed by atoms with Gasteiger partial charge in [-0.2, -0.15) is 0 Å². The summed E-state index contributed by atoms with van der Waals surface area (Å²) in [7, 11) is 3.07. The number of nitrogens with zero attached hydrogens (tertiary/aromatic N) is 1. The second-order valence-corrected chi connectivity index (χ2v) is 3.87. The molecule has 4 nitrogen and oxygen atoms in total. The Morgan fingerprint density at radius 1 is 1.33 bits per heavy atom. The molecule has 6 heteroatoms.